The Kier molecular flexibility index (Phi) is 5.18. The van der Waals surface area contributed by atoms with Gasteiger partial charge in [-0.2, -0.15) is 0 Å². The molecule has 8 heteroatoms. The lowest BCUT2D eigenvalue weighted by molar-refractivity contribution is 0.174. The molecule has 0 aromatic heterocycles. The molecule has 2 N–H and O–H groups in total. The van der Waals surface area contributed by atoms with E-state index in [1.807, 2.05) is 18.2 Å². The molecule has 148 valence electrons. The lowest BCUT2D eigenvalue weighted by Crippen LogP contribution is -2.44. The van der Waals surface area contributed by atoms with Crippen LogP contribution in [0.25, 0.3) is 0 Å². The van der Waals surface area contributed by atoms with E-state index in [1.54, 1.807) is 11.9 Å². The zero-order valence-corrected chi connectivity index (χ0v) is 15.5. The van der Waals surface area contributed by atoms with E-state index in [2.05, 4.69) is 15.6 Å². The van der Waals surface area contributed by atoms with Crippen LogP contribution in [0.15, 0.2) is 41.4 Å². The van der Waals surface area contributed by atoms with Crippen molar-refractivity contribution in [3.8, 4) is 11.5 Å². The Balaban J connectivity index is 1.33. The van der Waals surface area contributed by atoms with Gasteiger partial charge in [-0.05, 0) is 36.2 Å². The molecule has 2 aliphatic heterocycles. The van der Waals surface area contributed by atoms with E-state index in [-0.39, 0.29) is 18.5 Å². The normalized spacial score (nSPS) is 18.5. The van der Waals surface area contributed by atoms with Crippen LogP contribution in [0.2, 0.25) is 0 Å². The summed E-state index contributed by atoms with van der Waals surface area (Å²) in [5, 5.41) is 6.58. The highest BCUT2D eigenvalue weighted by atomic mass is 19.1. The summed E-state index contributed by atoms with van der Waals surface area (Å²) in [5.41, 5.74) is 1.07. The van der Waals surface area contributed by atoms with Crippen LogP contribution in [0.5, 0.6) is 11.5 Å². The lowest BCUT2D eigenvalue weighted by Gasteiger charge is -2.21. The van der Waals surface area contributed by atoms with Crippen molar-refractivity contribution in [2.24, 2.45) is 4.99 Å². The summed E-state index contributed by atoms with van der Waals surface area (Å²) in [7, 11) is 1.69. The van der Waals surface area contributed by atoms with Gasteiger partial charge in [-0.25, -0.2) is 8.78 Å². The molecule has 2 aromatic rings. The third-order valence-corrected chi connectivity index (χ3v) is 4.90. The number of ether oxygens (including phenoxy) is 2. The molecule has 0 spiro atoms. The smallest absolute Gasteiger partial charge is 0.231 e. The predicted octanol–water partition coefficient (Wildman–Crippen LogP) is 2.64. The van der Waals surface area contributed by atoms with E-state index < -0.39 is 11.6 Å². The average molecular weight is 388 g/mol. The van der Waals surface area contributed by atoms with Crippen LogP contribution in [0.3, 0.4) is 0 Å². The quantitative estimate of drug-likeness (QED) is 0.623. The summed E-state index contributed by atoms with van der Waals surface area (Å²) < 4.78 is 38.7. The Morgan fingerprint density at radius 2 is 1.96 bits per heavy atom. The van der Waals surface area contributed by atoms with Gasteiger partial charge in [0.1, 0.15) is 17.3 Å². The summed E-state index contributed by atoms with van der Waals surface area (Å²) in [5.74, 6) is 1.05. The van der Waals surface area contributed by atoms with Gasteiger partial charge in [-0.1, -0.05) is 12.1 Å². The Hall–Kier alpha value is -3.03. The molecule has 2 aliphatic rings. The Morgan fingerprint density at radius 3 is 2.75 bits per heavy atom. The number of rotatable bonds is 4. The highest BCUT2D eigenvalue weighted by Gasteiger charge is 2.27. The molecule has 28 heavy (non-hydrogen) atoms. The van der Waals surface area contributed by atoms with Crippen molar-refractivity contribution in [3.63, 3.8) is 0 Å². The van der Waals surface area contributed by atoms with Gasteiger partial charge < -0.3 is 25.0 Å². The van der Waals surface area contributed by atoms with Gasteiger partial charge in [-0.3, -0.25) is 4.99 Å². The number of para-hydroxylation sites is 1. The third kappa shape index (κ3) is 3.81. The molecule has 1 atom stereocenters. The minimum atomic E-state index is -0.536. The Bertz CT molecular complexity index is 870. The number of guanidine groups is 1. The van der Waals surface area contributed by atoms with Crippen molar-refractivity contribution in [1.82, 2.24) is 10.6 Å². The molecular formula is C20H22F2N4O2. The van der Waals surface area contributed by atoms with Gasteiger partial charge in [0, 0.05) is 32.7 Å². The first-order valence-electron chi connectivity index (χ1n) is 9.18. The molecule has 0 saturated carbocycles. The van der Waals surface area contributed by atoms with E-state index in [1.165, 1.54) is 18.2 Å². The first-order chi connectivity index (χ1) is 13.6. The molecule has 0 amide bonds. The second kappa shape index (κ2) is 7.92. The molecule has 2 aromatic carbocycles. The minimum Gasteiger partial charge on any atom is -0.454 e. The van der Waals surface area contributed by atoms with Gasteiger partial charge >= 0.3 is 0 Å². The van der Waals surface area contributed by atoms with Crippen molar-refractivity contribution < 1.29 is 18.3 Å². The second-order valence-corrected chi connectivity index (χ2v) is 6.76. The Labute approximate surface area is 162 Å². The Morgan fingerprint density at radius 1 is 1.18 bits per heavy atom. The fourth-order valence-corrected chi connectivity index (χ4v) is 3.50. The van der Waals surface area contributed by atoms with Crippen molar-refractivity contribution in [1.29, 1.82) is 0 Å². The van der Waals surface area contributed by atoms with Crippen molar-refractivity contribution in [2.45, 2.75) is 19.0 Å². The molecule has 0 radical (unpaired) electrons. The summed E-state index contributed by atoms with van der Waals surface area (Å²) in [6, 6.07) is 9.76. The largest absolute Gasteiger partial charge is 0.454 e. The molecule has 2 heterocycles. The van der Waals surface area contributed by atoms with Gasteiger partial charge in [0.05, 0.1) is 0 Å². The lowest BCUT2D eigenvalue weighted by atomic mass is 10.2. The number of aliphatic imine (C=N–C) groups is 1. The van der Waals surface area contributed by atoms with E-state index in [4.69, 9.17) is 9.47 Å². The molecule has 6 nitrogen and oxygen atoms in total. The van der Waals surface area contributed by atoms with Gasteiger partial charge in [0.15, 0.2) is 17.5 Å². The van der Waals surface area contributed by atoms with Crippen molar-refractivity contribution in [3.05, 3.63) is 53.6 Å². The SMILES string of the molecule is CN=C(NCc1ccc2c(c1)OCO2)NC1CCN(c2c(F)cccc2F)C1. The molecule has 0 bridgehead atoms. The van der Waals surface area contributed by atoms with Crippen molar-refractivity contribution >= 4 is 11.6 Å². The summed E-state index contributed by atoms with van der Waals surface area (Å²) in [6.45, 7) is 1.89. The number of benzene rings is 2. The van der Waals surface area contributed by atoms with Crippen LogP contribution < -0.4 is 25.0 Å². The molecule has 4 rings (SSSR count). The van der Waals surface area contributed by atoms with Crippen LogP contribution >= 0.6 is 0 Å². The molecule has 0 aliphatic carbocycles. The average Bonchev–Trinajstić information content (AvgIpc) is 3.34. The fourth-order valence-electron chi connectivity index (χ4n) is 3.50. The molecule has 1 unspecified atom stereocenters. The maximum Gasteiger partial charge on any atom is 0.231 e. The van der Waals surface area contributed by atoms with Crippen LogP contribution in [0.4, 0.5) is 14.5 Å². The monoisotopic (exact) mass is 388 g/mol. The third-order valence-electron chi connectivity index (χ3n) is 4.90. The highest BCUT2D eigenvalue weighted by Crippen LogP contribution is 2.32. The maximum absolute atomic E-state index is 14.0. The van der Waals surface area contributed by atoms with Gasteiger partial charge in [0.25, 0.3) is 0 Å². The zero-order chi connectivity index (χ0) is 19.5. The second-order valence-electron chi connectivity index (χ2n) is 6.76. The van der Waals surface area contributed by atoms with Crippen molar-refractivity contribution in [2.75, 3.05) is 31.8 Å². The number of nitrogens with one attached hydrogen (secondary N) is 2. The zero-order valence-electron chi connectivity index (χ0n) is 15.5. The number of hydrogen-bond acceptors (Lipinski definition) is 4. The van der Waals surface area contributed by atoms with E-state index in [9.17, 15) is 8.78 Å². The summed E-state index contributed by atoms with van der Waals surface area (Å²) >= 11 is 0. The maximum atomic E-state index is 14.0. The van der Waals surface area contributed by atoms with Crippen LogP contribution in [0.1, 0.15) is 12.0 Å². The molecule has 1 saturated heterocycles. The fraction of sp³-hybridized carbons (Fsp3) is 0.350. The first-order valence-corrected chi connectivity index (χ1v) is 9.18. The van der Waals surface area contributed by atoms with Gasteiger partial charge in [-0.15, -0.1) is 0 Å². The molecule has 1 fully saturated rings. The number of anilines is 1. The topological polar surface area (TPSA) is 58.1 Å². The number of hydrogen-bond donors (Lipinski definition) is 2. The van der Waals surface area contributed by atoms with E-state index >= 15 is 0 Å². The minimum absolute atomic E-state index is 0.0371. The highest BCUT2D eigenvalue weighted by molar-refractivity contribution is 5.80. The van der Waals surface area contributed by atoms with E-state index in [0.29, 0.717) is 25.6 Å². The molecular weight excluding hydrogens is 366 g/mol. The van der Waals surface area contributed by atoms with Crippen LogP contribution in [-0.2, 0) is 6.54 Å². The van der Waals surface area contributed by atoms with E-state index in [0.717, 1.165) is 23.5 Å². The standard InChI is InChI=1S/C20H22F2N4O2/c1-23-20(24-10-13-5-6-17-18(9-13)28-12-27-17)25-14-7-8-26(11-14)19-15(21)3-2-4-16(19)22/h2-6,9,14H,7-8,10-12H2,1H3,(H2,23,24,25). The number of nitrogens with zero attached hydrogens (tertiary/aromatic N) is 2. The van der Waals surface area contributed by atoms with Crippen LogP contribution in [-0.4, -0.2) is 38.9 Å². The first kappa shape index (κ1) is 18.3. The summed E-state index contributed by atoms with van der Waals surface area (Å²) in [4.78, 5) is 5.97. The summed E-state index contributed by atoms with van der Waals surface area (Å²) in [6.07, 6.45) is 0.762. The van der Waals surface area contributed by atoms with Gasteiger partial charge in [0.2, 0.25) is 6.79 Å². The predicted molar refractivity (Wildman–Crippen MR) is 103 cm³/mol. The van der Waals surface area contributed by atoms with Crippen LogP contribution in [0, 0.1) is 11.6 Å². The number of halogens is 2. The number of fused-ring (bicyclic) bond motifs is 1.